The first-order chi connectivity index (χ1) is 8.99. The number of carbonyl (C=O) groups is 1. The van der Waals surface area contributed by atoms with E-state index < -0.39 is 0 Å². The number of aryl methyl sites for hydroxylation is 2. The molecule has 1 atom stereocenters. The number of imidazole rings is 1. The van der Waals surface area contributed by atoms with E-state index in [0.717, 1.165) is 29.0 Å². The third-order valence-electron chi connectivity index (χ3n) is 4.06. The molecule has 1 aliphatic heterocycles. The Hall–Kier alpha value is -2.04. The Morgan fingerprint density at radius 2 is 2.00 bits per heavy atom. The minimum absolute atomic E-state index is 0.0716. The smallest absolute Gasteiger partial charge is 0.320 e. The second kappa shape index (κ2) is 3.98. The zero-order chi connectivity index (χ0) is 13.7. The number of hydrogen-bond acceptors (Lipinski definition) is 2. The number of hydrogen-bond donors (Lipinski definition) is 0. The highest BCUT2D eigenvalue weighted by Crippen LogP contribution is 2.29. The third-order valence-corrected chi connectivity index (χ3v) is 4.06. The lowest BCUT2D eigenvalue weighted by Gasteiger charge is -2.18. The summed E-state index contributed by atoms with van der Waals surface area (Å²) >= 11 is 0. The maximum Gasteiger partial charge on any atom is 0.320 e. The molecule has 2 aromatic rings. The number of aromatic nitrogens is 2. The van der Waals surface area contributed by atoms with Crippen molar-refractivity contribution in [3.8, 4) is 0 Å². The summed E-state index contributed by atoms with van der Waals surface area (Å²) in [7, 11) is 5.70. The number of amides is 2. The van der Waals surface area contributed by atoms with Gasteiger partial charge in [0.15, 0.2) is 0 Å². The van der Waals surface area contributed by atoms with Crippen molar-refractivity contribution < 1.29 is 4.79 Å². The minimum Gasteiger partial charge on any atom is -0.331 e. The van der Waals surface area contributed by atoms with Crippen LogP contribution >= 0.6 is 0 Å². The number of rotatable bonds is 1. The van der Waals surface area contributed by atoms with Gasteiger partial charge in [0.25, 0.3) is 0 Å². The molecule has 1 saturated heterocycles. The molecule has 3 rings (SSSR count). The fourth-order valence-corrected chi connectivity index (χ4v) is 2.74. The lowest BCUT2D eigenvalue weighted by molar-refractivity contribution is 0.201. The van der Waals surface area contributed by atoms with Crippen molar-refractivity contribution >= 4 is 17.1 Å². The predicted molar refractivity (Wildman–Crippen MR) is 74.0 cm³/mol. The molecular weight excluding hydrogens is 240 g/mol. The Balaban J connectivity index is 2.05. The van der Waals surface area contributed by atoms with E-state index in [1.165, 1.54) is 0 Å². The van der Waals surface area contributed by atoms with Crippen molar-refractivity contribution in [1.29, 1.82) is 0 Å². The molecule has 5 heteroatoms. The van der Waals surface area contributed by atoms with Gasteiger partial charge in [0, 0.05) is 27.7 Å². The van der Waals surface area contributed by atoms with Gasteiger partial charge in [-0.25, -0.2) is 9.78 Å². The summed E-state index contributed by atoms with van der Waals surface area (Å²) < 4.78 is 2.08. The molecule has 1 unspecified atom stereocenters. The van der Waals surface area contributed by atoms with Crippen LogP contribution in [-0.2, 0) is 7.05 Å². The normalized spacial score (nSPS) is 19.8. The van der Waals surface area contributed by atoms with E-state index in [1.807, 2.05) is 28.1 Å². The molecule has 1 fully saturated rings. The van der Waals surface area contributed by atoms with Gasteiger partial charge >= 0.3 is 6.03 Å². The van der Waals surface area contributed by atoms with Gasteiger partial charge in [-0.3, -0.25) is 0 Å². The first kappa shape index (κ1) is 12.0. The Morgan fingerprint density at radius 3 is 2.63 bits per heavy atom. The minimum atomic E-state index is 0.0716. The highest BCUT2D eigenvalue weighted by Gasteiger charge is 2.33. The summed E-state index contributed by atoms with van der Waals surface area (Å²) in [4.78, 5) is 19.9. The van der Waals surface area contributed by atoms with E-state index in [2.05, 4.69) is 27.8 Å². The van der Waals surface area contributed by atoms with Crippen molar-refractivity contribution in [2.45, 2.75) is 13.0 Å². The van der Waals surface area contributed by atoms with Gasteiger partial charge in [-0.1, -0.05) is 6.07 Å². The molecule has 0 bridgehead atoms. The van der Waals surface area contributed by atoms with Crippen LogP contribution in [0.1, 0.15) is 17.4 Å². The zero-order valence-electron chi connectivity index (χ0n) is 11.7. The summed E-state index contributed by atoms with van der Waals surface area (Å²) in [5.41, 5.74) is 3.26. The standard InChI is InChI=1S/C14H18N4O/c1-9-15-11-7-10(5-6-12(11)17(9)3)13-8-16(2)14(19)18(13)4/h5-7,13H,8H2,1-4H3. The van der Waals surface area contributed by atoms with E-state index in [9.17, 15) is 4.79 Å². The van der Waals surface area contributed by atoms with Gasteiger partial charge in [0.05, 0.1) is 17.1 Å². The summed E-state index contributed by atoms with van der Waals surface area (Å²) in [6.07, 6.45) is 0. The van der Waals surface area contributed by atoms with Crippen LogP contribution in [0.2, 0.25) is 0 Å². The molecule has 1 aromatic carbocycles. The van der Waals surface area contributed by atoms with Gasteiger partial charge in [-0.2, -0.15) is 0 Å². The van der Waals surface area contributed by atoms with Gasteiger partial charge in [0.1, 0.15) is 5.82 Å². The largest absolute Gasteiger partial charge is 0.331 e. The van der Waals surface area contributed by atoms with Crippen LogP contribution in [0.5, 0.6) is 0 Å². The van der Waals surface area contributed by atoms with Crippen LogP contribution in [0.25, 0.3) is 11.0 Å². The van der Waals surface area contributed by atoms with Crippen molar-refractivity contribution in [2.24, 2.45) is 7.05 Å². The number of urea groups is 1. The molecule has 0 spiro atoms. The van der Waals surface area contributed by atoms with E-state index in [4.69, 9.17) is 0 Å². The summed E-state index contributed by atoms with van der Waals surface area (Å²) in [6, 6.07) is 6.46. The fourth-order valence-electron chi connectivity index (χ4n) is 2.74. The quantitative estimate of drug-likeness (QED) is 0.784. The van der Waals surface area contributed by atoms with E-state index in [1.54, 1.807) is 9.80 Å². The van der Waals surface area contributed by atoms with Gasteiger partial charge in [-0.15, -0.1) is 0 Å². The van der Waals surface area contributed by atoms with Crippen LogP contribution in [0.3, 0.4) is 0 Å². The highest BCUT2D eigenvalue weighted by atomic mass is 16.2. The number of benzene rings is 1. The molecule has 19 heavy (non-hydrogen) atoms. The Labute approximate surface area is 112 Å². The fraction of sp³-hybridized carbons (Fsp3) is 0.429. The lowest BCUT2D eigenvalue weighted by Crippen LogP contribution is -2.26. The second-order valence-electron chi connectivity index (χ2n) is 5.26. The van der Waals surface area contributed by atoms with Crippen LogP contribution in [0.4, 0.5) is 4.79 Å². The van der Waals surface area contributed by atoms with Crippen molar-refractivity contribution in [1.82, 2.24) is 19.4 Å². The highest BCUT2D eigenvalue weighted by molar-refractivity contribution is 5.79. The molecule has 5 nitrogen and oxygen atoms in total. The van der Waals surface area contributed by atoms with Crippen LogP contribution in [0, 0.1) is 6.92 Å². The number of nitrogens with zero attached hydrogens (tertiary/aromatic N) is 4. The lowest BCUT2D eigenvalue weighted by atomic mass is 10.1. The maximum absolute atomic E-state index is 11.8. The average Bonchev–Trinajstić information content (AvgIpc) is 2.81. The molecule has 0 saturated carbocycles. The summed E-state index contributed by atoms with van der Waals surface area (Å²) in [5.74, 6) is 1.00. The molecule has 2 heterocycles. The van der Waals surface area contributed by atoms with Gasteiger partial charge in [0.2, 0.25) is 0 Å². The molecule has 0 radical (unpaired) electrons. The van der Waals surface area contributed by atoms with E-state index in [0.29, 0.717) is 0 Å². The van der Waals surface area contributed by atoms with Gasteiger partial charge < -0.3 is 14.4 Å². The monoisotopic (exact) mass is 258 g/mol. The van der Waals surface area contributed by atoms with Crippen molar-refractivity contribution in [3.05, 3.63) is 29.6 Å². The van der Waals surface area contributed by atoms with Crippen molar-refractivity contribution in [3.63, 3.8) is 0 Å². The first-order valence-electron chi connectivity index (χ1n) is 6.40. The Morgan fingerprint density at radius 1 is 1.26 bits per heavy atom. The van der Waals surface area contributed by atoms with Gasteiger partial charge in [-0.05, 0) is 24.6 Å². The molecule has 2 amide bonds. The second-order valence-corrected chi connectivity index (χ2v) is 5.26. The summed E-state index contributed by atoms with van der Waals surface area (Å²) in [6.45, 7) is 2.73. The average molecular weight is 258 g/mol. The number of likely N-dealkylation sites (N-methyl/N-ethyl adjacent to an activating group) is 2. The first-order valence-corrected chi connectivity index (χ1v) is 6.40. The predicted octanol–water partition coefficient (Wildman–Crippen LogP) is 1.92. The Kier molecular flexibility index (Phi) is 2.52. The van der Waals surface area contributed by atoms with Crippen molar-refractivity contribution in [2.75, 3.05) is 20.6 Å². The molecule has 100 valence electrons. The topological polar surface area (TPSA) is 41.4 Å². The SMILES string of the molecule is Cc1nc2cc(C3CN(C)C(=O)N3C)ccc2n1C. The Bertz CT molecular complexity index is 661. The zero-order valence-corrected chi connectivity index (χ0v) is 11.7. The molecule has 0 N–H and O–H groups in total. The molecule has 0 aliphatic carbocycles. The van der Waals surface area contributed by atoms with E-state index in [-0.39, 0.29) is 12.1 Å². The summed E-state index contributed by atoms with van der Waals surface area (Å²) in [5, 5.41) is 0. The third kappa shape index (κ3) is 1.69. The van der Waals surface area contributed by atoms with Crippen LogP contribution in [-0.4, -0.2) is 46.0 Å². The molecular formula is C14H18N4O. The molecule has 1 aromatic heterocycles. The van der Waals surface area contributed by atoms with Crippen LogP contribution in [0.15, 0.2) is 18.2 Å². The molecule has 1 aliphatic rings. The maximum atomic E-state index is 11.8. The van der Waals surface area contributed by atoms with Crippen LogP contribution < -0.4 is 0 Å². The number of carbonyl (C=O) groups excluding carboxylic acids is 1. The number of fused-ring (bicyclic) bond motifs is 1. The van der Waals surface area contributed by atoms with E-state index >= 15 is 0 Å².